The maximum absolute atomic E-state index is 12.1. The first-order valence-electron chi connectivity index (χ1n) is 6.42. The summed E-state index contributed by atoms with van der Waals surface area (Å²) in [5.41, 5.74) is 1.14. The topological polar surface area (TPSA) is 110 Å². The fourth-order valence-electron chi connectivity index (χ4n) is 1.79. The van der Waals surface area contributed by atoms with Crippen LogP contribution in [0.15, 0.2) is 30.6 Å². The number of carboxylic acids is 1. The van der Waals surface area contributed by atoms with E-state index in [1.165, 1.54) is 11.0 Å². The molecule has 21 heavy (non-hydrogen) atoms. The summed E-state index contributed by atoms with van der Waals surface area (Å²) in [7, 11) is 0. The molecule has 1 heterocycles. The number of nitrogens with one attached hydrogen (secondary N) is 1. The number of aromatic nitrogens is 4. The Balaban J connectivity index is 2.03. The van der Waals surface area contributed by atoms with Crippen LogP contribution in [0.4, 0.5) is 0 Å². The van der Waals surface area contributed by atoms with E-state index in [0.717, 1.165) is 0 Å². The van der Waals surface area contributed by atoms with Crippen molar-refractivity contribution in [2.45, 2.75) is 25.8 Å². The van der Waals surface area contributed by atoms with Gasteiger partial charge in [0.25, 0.3) is 5.91 Å². The van der Waals surface area contributed by atoms with Gasteiger partial charge in [0.2, 0.25) is 0 Å². The van der Waals surface area contributed by atoms with E-state index in [4.69, 9.17) is 5.11 Å². The van der Waals surface area contributed by atoms with Gasteiger partial charge in [0, 0.05) is 18.0 Å². The van der Waals surface area contributed by atoms with E-state index < -0.39 is 5.97 Å². The lowest BCUT2D eigenvalue weighted by Crippen LogP contribution is -2.33. The molecular weight excluding hydrogens is 274 g/mol. The van der Waals surface area contributed by atoms with Crippen molar-refractivity contribution in [3.63, 3.8) is 0 Å². The minimum atomic E-state index is -0.878. The predicted octanol–water partition coefficient (Wildman–Crippen LogP) is 0.645. The van der Waals surface area contributed by atoms with Crippen LogP contribution in [0.1, 0.15) is 30.1 Å². The van der Waals surface area contributed by atoms with Gasteiger partial charge in [-0.15, -0.1) is 5.10 Å². The number of carboxylic acid groups (broad SMARTS) is 1. The molecule has 0 radical (unpaired) electrons. The Labute approximate surface area is 120 Å². The molecule has 2 aromatic rings. The highest BCUT2D eigenvalue weighted by Crippen LogP contribution is 2.09. The summed E-state index contributed by atoms with van der Waals surface area (Å²) >= 11 is 0. The van der Waals surface area contributed by atoms with Crippen molar-refractivity contribution in [3.05, 3.63) is 36.2 Å². The minimum Gasteiger partial charge on any atom is -0.481 e. The van der Waals surface area contributed by atoms with Crippen molar-refractivity contribution in [1.82, 2.24) is 25.5 Å². The molecule has 1 atom stereocenters. The number of carbonyl (C=O) groups is 2. The molecule has 0 saturated carbocycles. The van der Waals surface area contributed by atoms with Gasteiger partial charge in [-0.05, 0) is 42.0 Å². The zero-order valence-corrected chi connectivity index (χ0v) is 11.4. The molecule has 1 aromatic heterocycles. The number of nitrogens with zero attached hydrogens (tertiary/aromatic N) is 4. The van der Waals surface area contributed by atoms with Gasteiger partial charge in [0.15, 0.2) is 0 Å². The summed E-state index contributed by atoms with van der Waals surface area (Å²) in [5.74, 6) is -1.14. The normalized spacial score (nSPS) is 11.9. The summed E-state index contributed by atoms with van der Waals surface area (Å²) in [6, 6.07) is 6.63. The van der Waals surface area contributed by atoms with Crippen LogP contribution in [0.2, 0.25) is 0 Å². The molecule has 8 nitrogen and oxygen atoms in total. The highest BCUT2D eigenvalue weighted by atomic mass is 16.4. The van der Waals surface area contributed by atoms with Gasteiger partial charge in [-0.3, -0.25) is 9.59 Å². The van der Waals surface area contributed by atoms with Crippen molar-refractivity contribution < 1.29 is 14.7 Å². The van der Waals surface area contributed by atoms with E-state index in [2.05, 4.69) is 20.8 Å². The lowest BCUT2D eigenvalue weighted by Gasteiger charge is -2.13. The first-order valence-corrected chi connectivity index (χ1v) is 6.42. The molecular formula is C13H15N5O3. The fourth-order valence-corrected chi connectivity index (χ4v) is 1.79. The second-order valence-corrected chi connectivity index (χ2v) is 4.61. The Kier molecular flexibility index (Phi) is 4.60. The molecule has 0 aliphatic heterocycles. The number of aliphatic carboxylic acids is 1. The third-order valence-electron chi connectivity index (χ3n) is 2.89. The van der Waals surface area contributed by atoms with Crippen molar-refractivity contribution in [1.29, 1.82) is 0 Å². The lowest BCUT2D eigenvalue weighted by atomic mass is 10.1. The van der Waals surface area contributed by atoms with Gasteiger partial charge in [-0.25, -0.2) is 4.68 Å². The van der Waals surface area contributed by atoms with Crippen LogP contribution < -0.4 is 5.32 Å². The highest BCUT2D eigenvalue weighted by molar-refractivity contribution is 5.94. The number of hydrogen-bond acceptors (Lipinski definition) is 5. The molecule has 1 aromatic carbocycles. The Hall–Kier alpha value is -2.77. The first kappa shape index (κ1) is 14.6. The SMILES string of the molecule is CC(CCC(=O)O)NC(=O)c1cccc(-n2cnnn2)c1. The molecule has 8 heteroatoms. The van der Waals surface area contributed by atoms with E-state index in [9.17, 15) is 9.59 Å². The second kappa shape index (κ2) is 6.60. The first-order chi connectivity index (χ1) is 10.1. The van der Waals surface area contributed by atoms with Gasteiger partial charge < -0.3 is 10.4 Å². The quantitative estimate of drug-likeness (QED) is 0.807. The molecule has 0 fully saturated rings. The number of benzene rings is 1. The molecule has 0 aliphatic carbocycles. The van der Waals surface area contributed by atoms with Crippen molar-refractivity contribution in [3.8, 4) is 5.69 Å². The highest BCUT2D eigenvalue weighted by Gasteiger charge is 2.12. The Morgan fingerprint density at radius 2 is 2.24 bits per heavy atom. The zero-order valence-electron chi connectivity index (χ0n) is 11.4. The van der Waals surface area contributed by atoms with Gasteiger partial charge in [0.05, 0.1) is 5.69 Å². The smallest absolute Gasteiger partial charge is 0.303 e. The maximum Gasteiger partial charge on any atom is 0.303 e. The summed E-state index contributed by atoms with van der Waals surface area (Å²) < 4.78 is 1.45. The van der Waals surface area contributed by atoms with Gasteiger partial charge in [-0.1, -0.05) is 6.07 Å². The average Bonchev–Trinajstić information content (AvgIpc) is 2.99. The van der Waals surface area contributed by atoms with Crippen LogP contribution in [0, 0.1) is 0 Å². The van der Waals surface area contributed by atoms with Gasteiger partial charge in [0.1, 0.15) is 6.33 Å². The van der Waals surface area contributed by atoms with E-state index in [-0.39, 0.29) is 18.4 Å². The van der Waals surface area contributed by atoms with E-state index >= 15 is 0 Å². The van der Waals surface area contributed by atoms with Crippen LogP contribution in [-0.2, 0) is 4.79 Å². The monoisotopic (exact) mass is 289 g/mol. The molecule has 1 unspecified atom stereocenters. The average molecular weight is 289 g/mol. The number of tetrazole rings is 1. The molecule has 2 N–H and O–H groups in total. The van der Waals surface area contributed by atoms with Gasteiger partial charge >= 0.3 is 5.97 Å². The molecule has 2 rings (SSSR count). The molecule has 0 bridgehead atoms. The van der Waals surface area contributed by atoms with Crippen LogP contribution >= 0.6 is 0 Å². The van der Waals surface area contributed by atoms with Crippen LogP contribution in [0.25, 0.3) is 5.69 Å². The Morgan fingerprint density at radius 1 is 1.43 bits per heavy atom. The molecule has 0 spiro atoms. The maximum atomic E-state index is 12.1. The van der Waals surface area contributed by atoms with Crippen LogP contribution in [0.3, 0.4) is 0 Å². The van der Waals surface area contributed by atoms with Gasteiger partial charge in [-0.2, -0.15) is 0 Å². The minimum absolute atomic E-state index is 0.0200. The van der Waals surface area contributed by atoms with E-state index in [0.29, 0.717) is 17.7 Å². The molecule has 110 valence electrons. The Morgan fingerprint density at radius 3 is 2.90 bits per heavy atom. The van der Waals surface area contributed by atoms with Crippen molar-refractivity contribution in [2.24, 2.45) is 0 Å². The number of hydrogen-bond donors (Lipinski definition) is 2. The van der Waals surface area contributed by atoms with E-state index in [1.54, 1.807) is 31.2 Å². The van der Waals surface area contributed by atoms with Crippen molar-refractivity contribution in [2.75, 3.05) is 0 Å². The summed E-state index contributed by atoms with van der Waals surface area (Å²) in [6.45, 7) is 1.77. The number of rotatable bonds is 6. The summed E-state index contributed by atoms with van der Waals surface area (Å²) in [5, 5.41) is 22.2. The standard InChI is InChI=1S/C13H15N5O3/c1-9(5-6-12(19)20)15-13(21)10-3-2-4-11(7-10)18-8-14-16-17-18/h2-4,7-9H,5-6H2,1H3,(H,15,21)(H,19,20). The third kappa shape index (κ3) is 4.10. The molecule has 1 amide bonds. The summed E-state index contributed by atoms with van der Waals surface area (Å²) in [4.78, 5) is 22.6. The second-order valence-electron chi connectivity index (χ2n) is 4.61. The number of carbonyl (C=O) groups excluding carboxylic acids is 1. The predicted molar refractivity (Wildman–Crippen MR) is 73.0 cm³/mol. The zero-order chi connectivity index (χ0) is 15.2. The van der Waals surface area contributed by atoms with Crippen LogP contribution in [-0.4, -0.2) is 43.2 Å². The molecule has 0 saturated heterocycles. The Bertz CT molecular complexity index is 626. The largest absolute Gasteiger partial charge is 0.481 e. The summed E-state index contributed by atoms with van der Waals surface area (Å²) in [6.07, 6.45) is 1.84. The third-order valence-corrected chi connectivity index (χ3v) is 2.89. The molecule has 0 aliphatic rings. The fraction of sp³-hybridized carbons (Fsp3) is 0.308. The van der Waals surface area contributed by atoms with Crippen LogP contribution in [0.5, 0.6) is 0 Å². The van der Waals surface area contributed by atoms with E-state index in [1.807, 2.05) is 0 Å². The number of amides is 1. The lowest BCUT2D eigenvalue weighted by molar-refractivity contribution is -0.137. The van der Waals surface area contributed by atoms with Crippen molar-refractivity contribution >= 4 is 11.9 Å².